The number of carbonyl (C=O) groups excluding carboxylic acids is 1. The summed E-state index contributed by atoms with van der Waals surface area (Å²) in [6.07, 6.45) is 3.10. The van der Waals surface area contributed by atoms with E-state index in [1.165, 1.54) is 23.5 Å². The molecule has 2 heterocycles. The number of benzene rings is 3. The summed E-state index contributed by atoms with van der Waals surface area (Å²) in [5.74, 6) is 0.936. The molecule has 11 heteroatoms. The van der Waals surface area contributed by atoms with Gasteiger partial charge < -0.3 is 14.2 Å². The molecule has 220 valence electrons. The van der Waals surface area contributed by atoms with Gasteiger partial charge in [-0.3, -0.25) is 14.7 Å². The Balaban J connectivity index is 1.44. The van der Waals surface area contributed by atoms with E-state index in [-0.39, 0.29) is 23.5 Å². The first kappa shape index (κ1) is 29.3. The molecule has 1 aromatic heterocycles. The molecule has 1 aliphatic heterocycles. The quantitative estimate of drug-likeness (QED) is 0.253. The number of ether oxygens (including phenoxy) is 3. The molecule has 1 N–H and O–H groups in total. The Bertz CT molecular complexity index is 1600. The molecule has 1 amide bonds. The maximum atomic E-state index is 13.7. The van der Waals surface area contributed by atoms with E-state index in [9.17, 15) is 13.2 Å². The minimum atomic E-state index is -4.02. The lowest BCUT2D eigenvalue weighted by molar-refractivity contribution is -0.116. The lowest BCUT2D eigenvalue weighted by Crippen LogP contribution is -2.42. The maximum Gasteiger partial charge on any atom is 0.243 e. The molecule has 0 spiro atoms. The molecule has 0 unspecified atom stereocenters. The van der Waals surface area contributed by atoms with Gasteiger partial charge in [0, 0.05) is 31.0 Å². The van der Waals surface area contributed by atoms with Crippen molar-refractivity contribution in [3.8, 4) is 28.4 Å². The van der Waals surface area contributed by atoms with Crippen molar-refractivity contribution in [2.75, 3.05) is 38.7 Å². The average molecular weight is 591 g/mol. The highest BCUT2D eigenvalue weighted by Gasteiger charge is 2.31. The number of amides is 1. The van der Waals surface area contributed by atoms with Crippen LogP contribution in [0.25, 0.3) is 16.9 Å². The zero-order chi connectivity index (χ0) is 29.5. The third-order valence-electron chi connectivity index (χ3n) is 6.88. The van der Waals surface area contributed by atoms with Gasteiger partial charge in [0.2, 0.25) is 21.9 Å². The van der Waals surface area contributed by atoms with E-state index >= 15 is 0 Å². The van der Waals surface area contributed by atoms with Crippen LogP contribution in [0.5, 0.6) is 11.5 Å². The van der Waals surface area contributed by atoms with Gasteiger partial charge in [0.25, 0.3) is 0 Å². The van der Waals surface area contributed by atoms with Crippen molar-refractivity contribution in [2.45, 2.75) is 30.8 Å². The molecule has 0 saturated carbocycles. The van der Waals surface area contributed by atoms with Crippen molar-refractivity contribution < 1.29 is 27.4 Å². The van der Waals surface area contributed by atoms with E-state index < -0.39 is 22.5 Å². The fourth-order valence-corrected chi connectivity index (χ4v) is 6.22. The van der Waals surface area contributed by atoms with Gasteiger partial charge in [-0.1, -0.05) is 36.4 Å². The number of nitrogens with zero attached hydrogens (tertiary/aromatic N) is 3. The van der Waals surface area contributed by atoms with E-state index in [4.69, 9.17) is 19.2 Å². The van der Waals surface area contributed by atoms with Crippen molar-refractivity contribution in [1.82, 2.24) is 13.9 Å². The summed E-state index contributed by atoms with van der Waals surface area (Å²) in [5, 5.41) is 2.85. The molecule has 4 aromatic rings. The first-order valence-corrected chi connectivity index (χ1v) is 15.2. The van der Waals surface area contributed by atoms with Gasteiger partial charge in [0.05, 0.1) is 42.6 Å². The second-order valence-electron chi connectivity index (χ2n) is 9.77. The minimum Gasteiger partial charge on any atom is -0.497 e. The van der Waals surface area contributed by atoms with Crippen LogP contribution in [0, 0.1) is 0 Å². The first-order valence-electron chi connectivity index (χ1n) is 13.8. The molecular formula is C31H34N4O6S. The lowest BCUT2D eigenvalue weighted by atomic mass is 10.2. The lowest BCUT2D eigenvalue weighted by Gasteiger charge is -2.24. The summed E-state index contributed by atoms with van der Waals surface area (Å²) >= 11 is 0. The van der Waals surface area contributed by atoms with Crippen LogP contribution in [0.3, 0.4) is 0 Å². The van der Waals surface area contributed by atoms with Crippen LogP contribution in [0.4, 0.5) is 5.95 Å². The van der Waals surface area contributed by atoms with E-state index in [0.29, 0.717) is 30.4 Å². The second-order valence-corrected chi connectivity index (χ2v) is 11.7. The third-order valence-corrected chi connectivity index (χ3v) is 8.71. The van der Waals surface area contributed by atoms with E-state index in [1.54, 1.807) is 16.7 Å². The van der Waals surface area contributed by atoms with Gasteiger partial charge in [0.1, 0.15) is 11.5 Å². The van der Waals surface area contributed by atoms with Crippen molar-refractivity contribution in [3.05, 3.63) is 85.1 Å². The molecule has 1 saturated heterocycles. The van der Waals surface area contributed by atoms with Crippen molar-refractivity contribution in [3.63, 3.8) is 0 Å². The van der Waals surface area contributed by atoms with Crippen LogP contribution in [-0.2, 0) is 19.6 Å². The molecule has 0 radical (unpaired) electrons. The second kappa shape index (κ2) is 13.2. The number of imidazole rings is 1. The number of methoxy groups -OCH3 is 1. The molecule has 0 bridgehead atoms. The van der Waals surface area contributed by atoms with Crippen LogP contribution in [0.2, 0.25) is 0 Å². The molecular weight excluding hydrogens is 556 g/mol. The van der Waals surface area contributed by atoms with Gasteiger partial charge in [-0.15, -0.1) is 0 Å². The topological polar surface area (TPSA) is 112 Å². The van der Waals surface area contributed by atoms with Crippen molar-refractivity contribution >= 4 is 21.9 Å². The van der Waals surface area contributed by atoms with Gasteiger partial charge in [-0.2, -0.15) is 4.31 Å². The van der Waals surface area contributed by atoms with Gasteiger partial charge in [0.15, 0.2) is 0 Å². The van der Waals surface area contributed by atoms with E-state index in [2.05, 4.69) is 5.32 Å². The largest absolute Gasteiger partial charge is 0.497 e. The SMILES string of the molecule is CCOc1cccc(-n2cc(-c3ccccc3)nc2NC(=O)CN(C[C@@H]2CCCO2)S(=O)(=O)c2ccc(OC)cc2)c1. The molecule has 0 aliphatic carbocycles. The van der Waals surface area contributed by atoms with Gasteiger partial charge in [-0.05, 0) is 56.2 Å². The summed E-state index contributed by atoms with van der Waals surface area (Å²) in [4.78, 5) is 18.3. The Hall–Kier alpha value is -4.19. The summed E-state index contributed by atoms with van der Waals surface area (Å²) in [7, 11) is -2.51. The van der Waals surface area contributed by atoms with Crippen LogP contribution < -0.4 is 14.8 Å². The number of hydrogen-bond donors (Lipinski definition) is 1. The van der Waals surface area contributed by atoms with Crippen LogP contribution in [-0.4, -0.2) is 67.7 Å². The highest BCUT2D eigenvalue weighted by molar-refractivity contribution is 7.89. The fraction of sp³-hybridized carbons (Fsp3) is 0.290. The molecule has 1 fully saturated rings. The number of anilines is 1. The zero-order valence-corrected chi connectivity index (χ0v) is 24.4. The van der Waals surface area contributed by atoms with Crippen LogP contribution in [0.15, 0.2) is 90.0 Å². The highest BCUT2D eigenvalue weighted by atomic mass is 32.2. The number of sulfonamides is 1. The summed E-state index contributed by atoms with van der Waals surface area (Å²) in [6, 6.07) is 23.2. The van der Waals surface area contributed by atoms with Gasteiger partial charge in [-0.25, -0.2) is 13.4 Å². The molecule has 1 aliphatic rings. The van der Waals surface area contributed by atoms with Gasteiger partial charge >= 0.3 is 0 Å². The number of nitrogens with one attached hydrogen (secondary N) is 1. The normalized spacial score (nSPS) is 15.1. The monoisotopic (exact) mass is 590 g/mol. The Labute approximate surface area is 245 Å². The van der Waals surface area contributed by atoms with Crippen molar-refractivity contribution in [2.24, 2.45) is 0 Å². The Morgan fingerprint density at radius 2 is 1.86 bits per heavy atom. The minimum absolute atomic E-state index is 0.0574. The first-order chi connectivity index (χ1) is 20.4. The third kappa shape index (κ3) is 6.81. The van der Waals surface area contributed by atoms with Crippen molar-refractivity contribution in [1.29, 1.82) is 0 Å². The summed E-state index contributed by atoms with van der Waals surface area (Å²) in [5.41, 5.74) is 2.25. The molecule has 5 rings (SSSR count). The molecule has 10 nitrogen and oxygen atoms in total. The summed E-state index contributed by atoms with van der Waals surface area (Å²) < 4.78 is 46.9. The zero-order valence-electron chi connectivity index (χ0n) is 23.6. The standard InChI is InChI=1S/C31H34N4O6S/c1-3-40-26-12-7-11-24(19-26)35-21-29(23-9-5-4-6-10-23)32-31(35)33-30(36)22-34(20-27-13-8-18-41-27)42(37,38)28-16-14-25(39-2)15-17-28/h4-7,9-12,14-17,19,21,27H,3,8,13,18,20,22H2,1-2H3,(H,32,33,36)/t27-/m0/s1. The number of carbonyl (C=O) groups is 1. The Kier molecular flexibility index (Phi) is 9.21. The highest BCUT2D eigenvalue weighted by Crippen LogP contribution is 2.27. The average Bonchev–Trinajstić information content (AvgIpc) is 3.68. The molecule has 42 heavy (non-hydrogen) atoms. The Morgan fingerprint density at radius 3 is 2.55 bits per heavy atom. The Morgan fingerprint density at radius 1 is 1.07 bits per heavy atom. The van der Waals surface area contributed by atoms with E-state index in [0.717, 1.165) is 24.1 Å². The van der Waals surface area contributed by atoms with Crippen LogP contribution in [0.1, 0.15) is 19.8 Å². The van der Waals surface area contributed by atoms with Crippen LogP contribution >= 0.6 is 0 Å². The predicted octanol–water partition coefficient (Wildman–Crippen LogP) is 4.76. The maximum absolute atomic E-state index is 13.7. The van der Waals surface area contributed by atoms with E-state index in [1.807, 2.05) is 67.7 Å². The smallest absolute Gasteiger partial charge is 0.243 e. The number of rotatable bonds is 12. The number of aromatic nitrogens is 2. The fourth-order valence-electron chi connectivity index (χ4n) is 4.79. The summed E-state index contributed by atoms with van der Waals surface area (Å²) in [6.45, 7) is 2.62. The number of hydrogen-bond acceptors (Lipinski definition) is 7. The molecule has 1 atom stereocenters. The predicted molar refractivity (Wildman–Crippen MR) is 160 cm³/mol. The molecule has 3 aromatic carbocycles.